The molecule has 0 bridgehead atoms. The number of aryl methyl sites for hydroxylation is 1. The normalized spacial score (nSPS) is 11.0. The van der Waals surface area contributed by atoms with Crippen LogP contribution < -0.4 is 25.1 Å². The average molecular weight is 526 g/mol. The van der Waals surface area contributed by atoms with Crippen LogP contribution in [-0.2, 0) is 11.2 Å². The Morgan fingerprint density at radius 2 is 1.74 bits per heavy atom. The molecule has 0 spiro atoms. The quantitative estimate of drug-likeness (QED) is 0.293. The number of fused-ring (bicyclic) bond motifs is 3. The van der Waals surface area contributed by atoms with E-state index in [4.69, 9.17) is 18.7 Å². The molecular weight excluding hydrogens is 498 g/mol. The lowest BCUT2D eigenvalue weighted by molar-refractivity contribution is -0.115. The molecule has 0 unspecified atom stereocenters. The fourth-order valence-corrected chi connectivity index (χ4v) is 4.79. The van der Waals surface area contributed by atoms with Gasteiger partial charge in [-0.1, -0.05) is 42.1 Å². The molecule has 0 radical (unpaired) electrons. The summed E-state index contributed by atoms with van der Waals surface area (Å²) >= 11 is 0. The zero-order chi connectivity index (χ0) is 27.7. The number of hydrogen-bond acceptors (Lipinski definition) is 7. The van der Waals surface area contributed by atoms with Crippen LogP contribution in [0.4, 0.5) is 5.69 Å². The predicted molar refractivity (Wildman–Crippen MR) is 150 cm³/mol. The van der Waals surface area contributed by atoms with Gasteiger partial charge in [-0.15, -0.1) is 0 Å². The molecule has 5 rings (SSSR count). The summed E-state index contributed by atoms with van der Waals surface area (Å²) in [5.74, 6) is 1.48. The van der Waals surface area contributed by atoms with Crippen LogP contribution in [0.15, 0.2) is 70.5 Å². The molecule has 39 heavy (non-hydrogen) atoms. The van der Waals surface area contributed by atoms with Crippen LogP contribution in [-0.4, -0.2) is 37.0 Å². The number of pyridine rings is 1. The van der Waals surface area contributed by atoms with Gasteiger partial charge < -0.3 is 24.1 Å². The summed E-state index contributed by atoms with van der Waals surface area (Å²) in [5, 5.41) is 8.22. The van der Waals surface area contributed by atoms with Crippen molar-refractivity contribution in [1.82, 2.24) is 9.72 Å². The zero-order valence-electron chi connectivity index (χ0n) is 22.0. The molecule has 0 aliphatic heterocycles. The second-order valence-corrected chi connectivity index (χ2v) is 8.86. The summed E-state index contributed by atoms with van der Waals surface area (Å²) in [4.78, 5) is 26.7. The van der Waals surface area contributed by atoms with Gasteiger partial charge in [0.1, 0.15) is 16.7 Å². The molecular formula is C30H27N3O6. The summed E-state index contributed by atoms with van der Waals surface area (Å²) in [6.45, 7) is 5.63. The van der Waals surface area contributed by atoms with Gasteiger partial charge in [0.25, 0.3) is 5.56 Å². The number of carbonyl (C=O) groups excluding carboxylic acids is 1. The molecule has 2 heterocycles. The standard InChI is InChI=1S/C30H27N3O6/c1-6-19-10-8-12-22-27(19)28-26(17(2)39-32-28)30(35)33(22)21-11-7-9-18(13-21)14-25(34)31-20-15-23(36-3)29(38-5)24(16-20)37-4/h6-13,15-16H,1,14H2,2-5H3,(H,31,34). The van der Waals surface area contributed by atoms with Crippen molar-refractivity contribution in [3.63, 3.8) is 0 Å². The van der Waals surface area contributed by atoms with Gasteiger partial charge in [0, 0.05) is 28.9 Å². The number of benzene rings is 3. The van der Waals surface area contributed by atoms with E-state index in [0.29, 0.717) is 50.8 Å². The molecule has 3 aromatic carbocycles. The molecule has 9 nitrogen and oxygen atoms in total. The maximum atomic E-state index is 13.7. The Balaban J connectivity index is 1.53. The number of rotatable bonds is 8. The van der Waals surface area contributed by atoms with Crippen LogP contribution in [0.1, 0.15) is 16.9 Å². The van der Waals surface area contributed by atoms with Gasteiger partial charge in [-0.3, -0.25) is 14.2 Å². The Morgan fingerprint density at radius 1 is 1.03 bits per heavy atom. The second-order valence-electron chi connectivity index (χ2n) is 8.86. The van der Waals surface area contributed by atoms with Crippen LogP contribution in [0.2, 0.25) is 0 Å². The zero-order valence-corrected chi connectivity index (χ0v) is 22.0. The summed E-state index contributed by atoms with van der Waals surface area (Å²) in [6.07, 6.45) is 1.80. The van der Waals surface area contributed by atoms with Crippen LogP contribution in [0.25, 0.3) is 33.6 Å². The molecule has 0 atom stereocenters. The third-order valence-electron chi connectivity index (χ3n) is 6.53. The van der Waals surface area contributed by atoms with E-state index in [1.54, 1.807) is 29.7 Å². The number of ether oxygens (including phenoxy) is 3. The Bertz CT molecular complexity index is 1780. The lowest BCUT2D eigenvalue weighted by Crippen LogP contribution is -2.20. The first-order valence-corrected chi connectivity index (χ1v) is 12.2. The third-order valence-corrected chi connectivity index (χ3v) is 6.53. The molecule has 198 valence electrons. The van der Waals surface area contributed by atoms with Gasteiger partial charge in [-0.25, -0.2) is 0 Å². The van der Waals surface area contributed by atoms with Crippen LogP contribution in [0.3, 0.4) is 0 Å². The van der Waals surface area contributed by atoms with Crippen molar-refractivity contribution < 1.29 is 23.5 Å². The van der Waals surface area contributed by atoms with Gasteiger partial charge in [0.2, 0.25) is 11.7 Å². The lowest BCUT2D eigenvalue weighted by atomic mass is 10.0. The molecule has 1 amide bonds. The van der Waals surface area contributed by atoms with Crippen molar-refractivity contribution in [2.24, 2.45) is 0 Å². The van der Waals surface area contributed by atoms with Gasteiger partial charge >= 0.3 is 0 Å². The second kappa shape index (κ2) is 10.4. The van der Waals surface area contributed by atoms with Gasteiger partial charge in [0.15, 0.2) is 11.5 Å². The van der Waals surface area contributed by atoms with E-state index in [0.717, 1.165) is 16.5 Å². The fourth-order valence-electron chi connectivity index (χ4n) is 4.79. The van der Waals surface area contributed by atoms with Crippen molar-refractivity contribution in [2.45, 2.75) is 13.3 Å². The average Bonchev–Trinajstić information content (AvgIpc) is 3.33. The minimum atomic E-state index is -0.253. The van der Waals surface area contributed by atoms with Crippen LogP contribution in [0, 0.1) is 6.92 Å². The number of nitrogens with zero attached hydrogens (tertiary/aromatic N) is 2. The number of anilines is 1. The molecule has 5 aromatic rings. The highest BCUT2D eigenvalue weighted by molar-refractivity contribution is 6.08. The highest BCUT2D eigenvalue weighted by atomic mass is 16.5. The summed E-state index contributed by atoms with van der Waals surface area (Å²) in [7, 11) is 4.54. The maximum absolute atomic E-state index is 13.7. The van der Waals surface area contributed by atoms with Gasteiger partial charge in [-0.2, -0.15) is 0 Å². The smallest absolute Gasteiger partial charge is 0.268 e. The van der Waals surface area contributed by atoms with E-state index >= 15 is 0 Å². The van der Waals surface area contributed by atoms with Crippen molar-refractivity contribution in [3.05, 3.63) is 88.4 Å². The van der Waals surface area contributed by atoms with E-state index < -0.39 is 0 Å². The molecule has 0 aliphatic carbocycles. The topological polar surface area (TPSA) is 105 Å². The molecule has 1 N–H and O–H groups in total. The highest BCUT2D eigenvalue weighted by Gasteiger charge is 2.20. The number of aromatic nitrogens is 2. The van der Waals surface area contributed by atoms with Crippen LogP contribution >= 0.6 is 0 Å². The SMILES string of the molecule is C=Cc1cccc2c1c1noc(C)c1c(=O)n2-c1cccc(CC(=O)Nc2cc(OC)c(OC)c(OC)c2)c1. The van der Waals surface area contributed by atoms with Gasteiger partial charge in [0.05, 0.1) is 33.3 Å². The van der Waals surface area contributed by atoms with Crippen molar-refractivity contribution in [3.8, 4) is 22.9 Å². The molecule has 0 aliphatic rings. The van der Waals surface area contributed by atoms with Crippen molar-refractivity contribution >= 4 is 39.5 Å². The van der Waals surface area contributed by atoms with E-state index in [9.17, 15) is 9.59 Å². The number of amides is 1. The predicted octanol–water partition coefficient (Wildman–Crippen LogP) is 5.29. The van der Waals surface area contributed by atoms with Crippen LogP contribution in [0.5, 0.6) is 17.2 Å². The maximum Gasteiger partial charge on any atom is 0.268 e. The Kier molecular flexibility index (Phi) is 6.81. The summed E-state index contributed by atoms with van der Waals surface area (Å²) in [6, 6.07) is 16.3. The third kappa shape index (κ3) is 4.48. The van der Waals surface area contributed by atoms with E-state index in [1.807, 2.05) is 42.5 Å². The first-order chi connectivity index (χ1) is 18.9. The van der Waals surface area contributed by atoms with E-state index in [2.05, 4.69) is 17.1 Å². The van der Waals surface area contributed by atoms with Crippen molar-refractivity contribution in [2.75, 3.05) is 26.6 Å². The number of hydrogen-bond donors (Lipinski definition) is 1. The molecule has 2 aromatic heterocycles. The molecule has 9 heteroatoms. The summed E-state index contributed by atoms with van der Waals surface area (Å²) in [5.41, 5.74) is 3.58. The number of methoxy groups -OCH3 is 3. The fraction of sp³-hybridized carbons (Fsp3) is 0.167. The van der Waals surface area contributed by atoms with Gasteiger partial charge in [-0.05, 0) is 36.2 Å². The number of carbonyl (C=O) groups is 1. The monoisotopic (exact) mass is 525 g/mol. The Hall–Kier alpha value is -5.05. The molecule has 0 saturated carbocycles. The minimum Gasteiger partial charge on any atom is -0.493 e. The first kappa shape index (κ1) is 25.6. The lowest BCUT2D eigenvalue weighted by Gasteiger charge is -2.15. The number of nitrogens with one attached hydrogen (secondary N) is 1. The Morgan fingerprint density at radius 3 is 2.41 bits per heavy atom. The Labute approximate surface area is 224 Å². The molecule has 0 saturated heterocycles. The van der Waals surface area contributed by atoms with E-state index in [-0.39, 0.29) is 17.9 Å². The van der Waals surface area contributed by atoms with E-state index in [1.165, 1.54) is 21.3 Å². The minimum absolute atomic E-state index is 0.0730. The highest BCUT2D eigenvalue weighted by Crippen LogP contribution is 2.40. The van der Waals surface area contributed by atoms with Crippen molar-refractivity contribution in [1.29, 1.82) is 0 Å². The molecule has 0 fully saturated rings. The summed E-state index contributed by atoms with van der Waals surface area (Å²) < 4.78 is 23.1. The largest absolute Gasteiger partial charge is 0.493 e. The first-order valence-electron chi connectivity index (χ1n) is 12.2.